The number of thiazole rings is 1. The van der Waals surface area contributed by atoms with Crippen molar-refractivity contribution in [3.05, 3.63) is 51.5 Å². The monoisotopic (exact) mass is 513 g/mol. The highest BCUT2D eigenvalue weighted by Crippen LogP contribution is 2.18. The van der Waals surface area contributed by atoms with Gasteiger partial charge in [0.05, 0.1) is 11.6 Å². The number of aryl methyl sites for hydroxylation is 1. The highest BCUT2D eigenvalue weighted by molar-refractivity contribution is 14.0. The molecule has 2 aromatic rings. The predicted octanol–water partition coefficient (Wildman–Crippen LogP) is 2.62. The van der Waals surface area contributed by atoms with Crippen LogP contribution in [0.1, 0.15) is 27.9 Å². The molecule has 0 saturated heterocycles. The molecular formula is C20H28IN5OS. The number of carbonyl (C=O) groups excluding carboxylic acids is 1. The standard InChI is InChI=1S/C20H27N5OS.HI/c1-3-17-12-23-18(27-17)8-10-22-20(21-2)24-13-19(26)25-11-9-15-6-4-5-7-16(15)14-25;/h4-7,12H,3,8-11,13-14H2,1-2H3,(H2,21,22,24);1H. The minimum Gasteiger partial charge on any atom is -0.356 e. The number of aromatic nitrogens is 1. The smallest absolute Gasteiger partial charge is 0.242 e. The van der Waals surface area contributed by atoms with Gasteiger partial charge in [0.25, 0.3) is 0 Å². The molecule has 6 nitrogen and oxygen atoms in total. The number of nitrogens with zero attached hydrogens (tertiary/aromatic N) is 3. The van der Waals surface area contributed by atoms with Crippen molar-refractivity contribution in [2.45, 2.75) is 32.7 Å². The first-order chi connectivity index (χ1) is 13.2. The van der Waals surface area contributed by atoms with E-state index >= 15 is 0 Å². The Morgan fingerprint density at radius 1 is 1.29 bits per heavy atom. The molecule has 1 aliphatic heterocycles. The lowest BCUT2D eigenvalue weighted by Crippen LogP contribution is -2.46. The van der Waals surface area contributed by atoms with Gasteiger partial charge in [-0.1, -0.05) is 31.2 Å². The number of aliphatic imine (C=N–C) groups is 1. The number of nitrogens with one attached hydrogen (secondary N) is 2. The largest absolute Gasteiger partial charge is 0.356 e. The molecular weight excluding hydrogens is 485 g/mol. The molecule has 1 aromatic carbocycles. The third kappa shape index (κ3) is 6.16. The lowest BCUT2D eigenvalue weighted by Gasteiger charge is -2.29. The van der Waals surface area contributed by atoms with Crippen LogP contribution in [0.4, 0.5) is 0 Å². The van der Waals surface area contributed by atoms with E-state index in [0.29, 0.717) is 12.5 Å². The van der Waals surface area contributed by atoms with Crippen LogP contribution in [-0.2, 0) is 30.6 Å². The Labute approximate surface area is 187 Å². The number of halogens is 1. The Kier molecular flexibility index (Phi) is 9.17. The summed E-state index contributed by atoms with van der Waals surface area (Å²) in [6.07, 6.45) is 4.74. The van der Waals surface area contributed by atoms with Gasteiger partial charge in [-0.25, -0.2) is 4.98 Å². The van der Waals surface area contributed by atoms with Gasteiger partial charge in [0.2, 0.25) is 5.91 Å². The average Bonchev–Trinajstić information content (AvgIpc) is 3.18. The molecule has 0 unspecified atom stereocenters. The summed E-state index contributed by atoms with van der Waals surface area (Å²) in [6.45, 7) is 4.58. The molecule has 3 rings (SSSR count). The Morgan fingerprint density at radius 2 is 2.07 bits per heavy atom. The topological polar surface area (TPSA) is 69.6 Å². The quantitative estimate of drug-likeness (QED) is 0.354. The summed E-state index contributed by atoms with van der Waals surface area (Å²) in [5.41, 5.74) is 2.59. The van der Waals surface area contributed by atoms with E-state index in [1.807, 2.05) is 17.2 Å². The van der Waals surface area contributed by atoms with Crippen molar-refractivity contribution in [1.29, 1.82) is 0 Å². The normalized spacial score (nSPS) is 13.5. The zero-order chi connectivity index (χ0) is 19.1. The molecule has 0 aliphatic carbocycles. The molecule has 1 aromatic heterocycles. The van der Waals surface area contributed by atoms with Gasteiger partial charge in [-0.2, -0.15) is 0 Å². The van der Waals surface area contributed by atoms with Crippen molar-refractivity contribution in [2.75, 3.05) is 26.7 Å². The second-order valence-electron chi connectivity index (χ2n) is 6.51. The fourth-order valence-corrected chi connectivity index (χ4v) is 3.98. The summed E-state index contributed by atoms with van der Waals surface area (Å²) in [5, 5.41) is 7.50. The van der Waals surface area contributed by atoms with Gasteiger partial charge in [0.1, 0.15) is 0 Å². The third-order valence-corrected chi connectivity index (χ3v) is 5.90. The van der Waals surface area contributed by atoms with Crippen LogP contribution in [0.25, 0.3) is 0 Å². The lowest BCUT2D eigenvalue weighted by molar-refractivity contribution is -0.130. The summed E-state index contributed by atoms with van der Waals surface area (Å²) >= 11 is 1.75. The van der Waals surface area contributed by atoms with Crippen LogP contribution in [0.15, 0.2) is 35.5 Å². The predicted molar refractivity (Wildman–Crippen MR) is 126 cm³/mol. The molecule has 0 bridgehead atoms. The zero-order valence-corrected chi connectivity index (χ0v) is 19.5. The van der Waals surface area contributed by atoms with E-state index in [1.54, 1.807) is 18.4 Å². The van der Waals surface area contributed by atoms with Crippen molar-refractivity contribution < 1.29 is 4.79 Å². The molecule has 0 fully saturated rings. The molecule has 0 atom stereocenters. The second kappa shape index (κ2) is 11.4. The van der Waals surface area contributed by atoms with E-state index in [0.717, 1.165) is 37.4 Å². The summed E-state index contributed by atoms with van der Waals surface area (Å²) in [6, 6.07) is 8.34. The fraction of sp³-hybridized carbons (Fsp3) is 0.450. The first-order valence-corrected chi connectivity index (χ1v) is 10.2. The van der Waals surface area contributed by atoms with E-state index in [4.69, 9.17) is 0 Å². The van der Waals surface area contributed by atoms with Gasteiger partial charge in [-0.05, 0) is 24.0 Å². The van der Waals surface area contributed by atoms with E-state index in [-0.39, 0.29) is 36.4 Å². The molecule has 0 saturated carbocycles. The molecule has 0 radical (unpaired) electrons. The molecule has 0 spiro atoms. The van der Waals surface area contributed by atoms with E-state index < -0.39 is 0 Å². The average molecular weight is 513 g/mol. The maximum Gasteiger partial charge on any atom is 0.242 e. The molecule has 1 aliphatic rings. The number of amides is 1. The highest BCUT2D eigenvalue weighted by atomic mass is 127. The molecule has 1 amide bonds. The fourth-order valence-electron chi connectivity index (χ4n) is 3.12. The van der Waals surface area contributed by atoms with Crippen LogP contribution < -0.4 is 10.6 Å². The molecule has 152 valence electrons. The number of carbonyl (C=O) groups is 1. The molecule has 2 heterocycles. The Bertz CT molecular complexity index is 807. The number of hydrogen-bond donors (Lipinski definition) is 2. The minimum atomic E-state index is 0. The number of benzene rings is 1. The van der Waals surface area contributed by atoms with Crippen molar-refractivity contribution in [3.63, 3.8) is 0 Å². The van der Waals surface area contributed by atoms with Crippen LogP contribution in [-0.4, -0.2) is 48.4 Å². The molecule has 8 heteroatoms. The van der Waals surface area contributed by atoms with Crippen LogP contribution in [0, 0.1) is 0 Å². The maximum atomic E-state index is 12.5. The summed E-state index contributed by atoms with van der Waals surface area (Å²) in [5.74, 6) is 0.744. The van der Waals surface area contributed by atoms with Crippen LogP contribution in [0.2, 0.25) is 0 Å². The summed E-state index contributed by atoms with van der Waals surface area (Å²) in [7, 11) is 1.72. The number of guanidine groups is 1. The Hall–Kier alpha value is -1.68. The van der Waals surface area contributed by atoms with Crippen LogP contribution >= 0.6 is 35.3 Å². The highest BCUT2D eigenvalue weighted by Gasteiger charge is 2.20. The van der Waals surface area contributed by atoms with Crippen molar-refractivity contribution in [1.82, 2.24) is 20.5 Å². The lowest BCUT2D eigenvalue weighted by atomic mass is 10.00. The number of fused-ring (bicyclic) bond motifs is 1. The van der Waals surface area contributed by atoms with Gasteiger partial charge in [-0.15, -0.1) is 35.3 Å². The van der Waals surface area contributed by atoms with E-state index in [1.165, 1.54) is 16.0 Å². The van der Waals surface area contributed by atoms with Gasteiger partial charge in [0, 0.05) is 44.2 Å². The second-order valence-corrected chi connectivity index (χ2v) is 7.71. The Balaban J connectivity index is 0.00000280. The molecule has 2 N–H and O–H groups in total. The SMILES string of the molecule is CCc1cnc(CCNC(=NC)NCC(=O)N2CCc3ccccc3C2)s1.I. The maximum absolute atomic E-state index is 12.5. The van der Waals surface area contributed by atoms with E-state index in [9.17, 15) is 4.79 Å². The van der Waals surface area contributed by atoms with Crippen molar-refractivity contribution >= 4 is 47.2 Å². The van der Waals surface area contributed by atoms with Crippen LogP contribution in [0.5, 0.6) is 0 Å². The van der Waals surface area contributed by atoms with Gasteiger partial charge in [-0.3, -0.25) is 9.79 Å². The third-order valence-electron chi connectivity index (χ3n) is 4.70. The zero-order valence-electron chi connectivity index (χ0n) is 16.4. The van der Waals surface area contributed by atoms with Crippen molar-refractivity contribution in [2.24, 2.45) is 4.99 Å². The summed E-state index contributed by atoms with van der Waals surface area (Å²) in [4.78, 5) is 24.4. The molecule has 28 heavy (non-hydrogen) atoms. The van der Waals surface area contributed by atoms with Gasteiger partial charge >= 0.3 is 0 Å². The van der Waals surface area contributed by atoms with Gasteiger partial charge < -0.3 is 15.5 Å². The van der Waals surface area contributed by atoms with Gasteiger partial charge in [0.15, 0.2) is 5.96 Å². The van der Waals surface area contributed by atoms with Crippen molar-refractivity contribution in [3.8, 4) is 0 Å². The van der Waals surface area contributed by atoms with Crippen LogP contribution in [0.3, 0.4) is 0 Å². The number of hydrogen-bond acceptors (Lipinski definition) is 4. The van der Waals surface area contributed by atoms with E-state index in [2.05, 4.69) is 45.7 Å². The Morgan fingerprint density at radius 3 is 2.79 bits per heavy atom. The summed E-state index contributed by atoms with van der Waals surface area (Å²) < 4.78 is 0. The minimum absolute atomic E-state index is 0. The first kappa shape index (κ1) is 22.6. The number of rotatable bonds is 6. The first-order valence-electron chi connectivity index (χ1n) is 9.42.